The zero-order chi connectivity index (χ0) is 8.55. The third-order valence-electron chi connectivity index (χ3n) is 1.38. The van der Waals surface area contributed by atoms with E-state index in [4.69, 9.17) is 5.73 Å². The van der Waals surface area contributed by atoms with Gasteiger partial charge in [0.15, 0.2) is 5.01 Å². The SMILES string of the molecule is NC(=O)c1nc2cccnc2s1. The van der Waals surface area contributed by atoms with Gasteiger partial charge < -0.3 is 5.73 Å². The summed E-state index contributed by atoms with van der Waals surface area (Å²) in [5.74, 6) is -0.502. The van der Waals surface area contributed by atoms with Gasteiger partial charge >= 0.3 is 0 Å². The van der Waals surface area contributed by atoms with Gasteiger partial charge in [-0.15, -0.1) is 0 Å². The smallest absolute Gasteiger partial charge is 0.277 e. The van der Waals surface area contributed by atoms with Crippen LogP contribution in [0, 0.1) is 0 Å². The van der Waals surface area contributed by atoms with E-state index in [1.807, 2.05) is 0 Å². The lowest BCUT2D eigenvalue weighted by atomic mass is 10.5. The van der Waals surface area contributed by atoms with Crippen molar-refractivity contribution in [3.05, 3.63) is 23.3 Å². The number of amides is 1. The lowest BCUT2D eigenvalue weighted by Gasteiger charge is -1.80. The molecule has 0 bridgehead atoms. The van der Waals surface area contributed by atoms with Crippen LogP contribution in [0.4, 0.5) is 0 Å². The standard InChI is InChI=1S/C7H5N3OS/c8-5(11)7-10-4-2-1-3-9-6(4)12-7/h1-3H,(H2,8,11). The first-order valence-electron chi connectivity index (χ1n) is 3.29. The highest BCUT2D eigenvalue weighted by atomic mass is 32.1. The average molecular weight is 179 g/mol. The molecule has 0 aromatic carbocycles. The molecule has 2 rings (SSSR count). The zero-order valence-corrected chi connectivity index (χ0v) is 6.84. The van der Waals surface area contributed by atoms with Crippen LogP contribution in [0.3, 0.4) is 0 Å². The summed E-state index contributed by atoms with van der Waals surface area (Å²) in [5.41, 5.74) is 5.78. The van der Waals surface area contributed by atoms with Crippen LogP contribution in [0.5, 0.6) is 0 Å². The Morgan fingerprint density at radius 3 is 3.08 bits per heavy atom. The number of carbonyl (C=O) groups is 1. The lowest BCUT2D eigenvalue weighted by Crippen LogP contribution is -2.09. The molecule has 5 heteroatoms. The van der Waals surface area contributed by atoms with E-state index in [2.05, 4.69) is 9.97 Å². The highest BCUT2D eigenvalue weighted by molar-refractivity contribution is 7.19. The molecular formula is C7H5N3OS. The highest BCUT2D eigenvalue weighted by Gasteiger charge is 2.07. The summed E-state index contributed by atoms with van der Waals surface area (Å²) in [6.45, 7) is 0. The quantitative estimate of drug-likeness (QED) is 0.703. The molecule has 0 aliphatic rings. The van der Waals surface area contributed by atoms with Gasteiger partial charge in [-0.1, -0.05) is 11.3 Å². The van der Waals surface area contributed by atoms with E-state index < -0.39 is 5.91 Å². The van der Waals surface area contributed by atoms with Crippen LogP contribution in [0.15, 0.2) is 18.3 Å². The van der Waals surface area contributed by atoms with Gasteiger partial charge in [0, 0.05) is 6.20 Å². The van der Waals surface area contributed by atoms with Crippen molar-refractivity contribution in [1.29, 1.82) is 0 Å². The molecule has 0 saturated carbocycles. The second-order valence-corrected chi connectivity index (χ2v) is 3.19. The van der Waals surface area contributed by atoms with Gasteiger partial charge in [-0.2, -0.15) is 0 Å². The fourth-order valence-electron chi connectivity index (χ4n) is 0.875. The first-order valence-corrected chi connectivity index (χ1v) is 4.10. The molecule has 4 nitrogen and oxygen atoms in total. The van der Waals surface area contributed by atoms with Gasteiger partial charge in [-0.05, 0) is 12.1 Å². The van der Waals surface area contributed by atoms with E-state index in [9.17, 15) is 4.79 Å². The summed E-state index contributed by atoms with van der Waals surface area (Å²) in [6, 6.07) is 3.57. The number of nitrogens with zero attached hydrogens (tertiary/aromatic N) is 2. The minimum atomic E-state index is -0.502. The Labute approximate surface area is 72.1 Å². The Morgan fingerprint density at radius 1 is 1.58 bits per heavy atom. The predicted molar refractivity (Wildman–Crippen MR) is 45.9 cm³/mol. The number of carbonyl (C=O) groups excluding carboxylic acids is 1. The predicted octanol–water partition coefficient (Wildman–Crippen LogP) is 0.790. The Morgan fingerprint density at radius 2 is 2.42 bits per heavy atom. The molecule has 0 radical (unpaired) electrons. The summed E-state index contributed by atoms with van der Waals surface area (Å²) in [7, 11) is 0. The molecule has 0 spiro atoms. The molecule has 0 atom stereocenters. The molecule has 2 N–H and O–H groups in total. The number of hydrogen-bond acceptors (Lipinski definition) is 4. The van der Waals surface area contributed by atoms with E-state index in [-0.39, 0.29) is 0 Å². The highest BCUT2D eigenvalue weighted by Crippen LogP contribution is 2.18. The van der Waals surface area contributed by atoms with Crippen LogP contribution in [-0.2, 0) is 0 Å². The van der Waals surface area contributed by atoms with E-state index in [1.165, 1.54) is 11.3 Å². The first-order chi connectivity index (χ1) is 5.77. The molecule has 60 valence electrons. The van der Waals surface area contributed by atoms with E-state index in [1.54, 1.807) is 18.3 Å². The van der Waals surface area contributed by atoms with Crippen LogP contribution >= 0.6 is 11.3 Å². The maximum absolute atomic E-state index is 10.7. The zero-order valence-electron chi connectivity index (χ0n) is 6.02. The van der Waals surface area contributed by atoms with Crippen molar-refractivity contribution in [2.24, 2.45) is 5.73 Å². The molecule has 0 unspecified atom stereocenters. The molecule has 0 aliphatic carbocycles. The normalized spacial score (nSPS) is 10.3. The van der Waals surface area contributed by atoms with Crippen molar-refractivity contribution in [3.63, 3.8) is 0 Å². The van der Waals surface area contributed by atoms with Crippen LogP contribution in [0.2, 0.25) is 0 Å². The average Bonchev–Trinajstić information content (AvgIpc) is 2.46. The third kappa shape index (κ3) is 1.04. The van der Waals surface area contributed by atoms with Gasteiger partial charge in [-0.25, -0.2) is 9.97 Å². The fourth-order valence-corrected chi connectivity index (χ4v) is 1.63. The van der Waals surface area contributed by atoms with Gasteiger partial charge in [0.1, 0.15) is 10.3 Å². The summed E-state index contributed by atoms with van der Waals surface area (Å²) < 4.78 is 0. The summed E-state index contributed by atoms with van der Waals surface area (Å²) >= 11 is 1.21. The monoisotopic (exact) mass is 179 g/mol. The minimum Gasteiger partial charge on any atom is -0.364 e. The van der Waals surface area contributed by atoms with E-state index in [0.717, 1.165) is 10.3 Å². The number of primary amides is 1. The van der Waals surface area contributed by atoms with E-state index >= 15 is 0 Å². The van der Waals surface area contributed by atoms with Crippen LogP contribution in [0.1, 0.15) is 9.80 Å². The van der Waals surface area contributed by atoms with Crippen molar-refractivity contribution >= 4 is 27.6 Å². The van der Waals surface area contributed by atoms with Crippen molar-refractivity contribution < 1.29 is 4.79 Å². The topological polar surface area (TPSA) is 68.9 Å². The molecule has 0 fully saturated rings. The van der Waals surface area contributed by atoms with Gasteiger partial charge in [0.2, 0.25) is 0 Å². The number of fused-ring (bicyclic) bond motifs is 1. The van der Waals surface area contributed by atoms with Crippen molar-refractivity contribution in [3.8, 4) is 0 Å². The number of hydrogen-bond donors (Lipinski definition) is 1. The third-order valence-corrected chi connectivity index (χ3v) is 2.37. The number of rotatable bonds is 1. The Bertz CT molecular complexity index is 404. The molecule has 0 saturated heterocycles. The Balaban J connectivity index is 2.70. The molecule has 2 aromatic rings. The van der Waals surface area contributed by atoms with Crippen molar-refractivity contribution in [2.45, 2.75) is 0 Å². The number of nitrogens with two attached hydrogens (primary N) is 1. The van der Waals surface area contributed by atoms with Crippen LogP contribution in [-0.4, -0.2) is 15.9 Å². The molecule has 12 heavy (non-hydrogen) atoms. The maximum atomic E-state index is 10.7. The Hall–Kier alpha value is -1.49. The van der Waals surface area contributed by atoms with Crippen molar-refractivity contribution in [2.75, 3.05) is 0 Å². The summed E-state index contributed by atoms with van der Waals surface area (Å²) in [4.78, 5) is 19.5. The van der Waals surface area contributed by atoms with Crippen molar-refractivity contribution in [1.82, 2.24) is 9.97 Å². The second kappa shape index (κ2) is 2.53. The minimum absolute atomic E-state index is 0.309. The van der Waals surface area contributed by atoms with Gasteiger partial charge in [-0.3, -0.25) is 4.79 Å². The van der Waals surface area contributed by atoms with Gasteiger partial charge in [0.05, 0.1) is 0 Å². The second-order valence-electron chi connectivity index (χ2n) is 2.21. The lowest BCUT2D eigenvalue weighted by molar-refractivity contribution is 0.1000. The summed E-state index contributed by atoms with van der Waals surface area (Å²) in [6.07, 6.45) is 1.66. The van der Waals surface area contributed by atoms with Crippen LogP contribution < -0.4 is 5.73 Å². The molecule has 1 amide bonds. The number of pyridine rings is 1. The molecule has 2 heterocycles. The summed E-state index contributed by atoms with van der Waals surface area (Å²) in [5, 5.41) is 0.309. The number of thiazole rings is 1. The van der Waals surface area contributed by atoms with Crippen LogP contribution in [0.25, 0.3) is 10.3 Å². The maximum Gasteiger partial charge on any atom is 0.277 e. The van der Waals surface area contributed by atoms with E-state index in [0.29, 0.717) is 5.01 Å². The first kappa shape index (κ1) is 7.17. The Kier molecular flexibility index (Phi) is 1.51. The number of aromatic nitrogens is 2. The molecular weight excluding hydrogens is 174 g/mol. The molecule has 0 aliphatic heterocycles. The fraction of sp³-hybridized carbons (Fsp3) is 0. The largest absolute Gasteiger partial charge is 0.364 e. The molecule has 2 aromatic heterocycles. The van der Waals surface area contributed by atoms with Gasteiger partial charge in [0.25, 0.3) is 5.91 Å².